The van der Waals surface area contributed by atoms with Gasteiger partial charge in [0.15, 0.2) is 11.5 Å². The average Bonchev–Trinajstić information content (AvgIpc) is 3.09. The van der Waals surface area contributed by atoms with Gasteiger partial charge in [-0.2, -0.15) is 33.7 Å². The molecule has 0 atom stereocenters. The number of hydrogen-bond acceptors (Lipinski definition) is 17. The zero-order valence-corrected chi connectivity index (χ0v) is 45.6. The summed E-state index contributed by atoms with van der Waals surface area (Å²) in [5.74, 6) is -2.95. The van der Waals surface area contributed by atoms with Crippen molar-refractivity contribution in [2.75, 3.05) is 5.73 Å². The Morgan fingerprint density at radius 2 is 0.889 bits per heavy atom. The van der Waals surface area contributed by atoms with Gasteiger partial charge in [0.1, 0.15) is 48.9 Å². The zero-order chi connectivity index (χ0) is 42.0. The second kappa shape index (κ2) is 23.1. The molecule has 0 aromatic heterocycles. The second-order valence-electron chi connectivity index (χ2n) is 11.8. The van der Waals surface area contributed by atoms with E-state index in [2.05, 4.69) is 20.5 Å². The predicted molar refractivity (Wildman–Crippen MR) is 198 cm³/mol. The Hall–Kier alpha value is -1.28. The molecule has 6 rings (SSSR count). The summed E-state index contributed by atoms with van der Waals surface area (Å²) in [4.78, 5) is -3.81. The molecule has 0 fully saturated rings. The molecule has 10 N–H and O–H groups in total. The van der Waals surface area contributed by atoms with Crippen LogP contribution in [0.3, 0.4) is 0 Å². The van der Waals surface area contributed by atoms with E-state index >= 15 is 0 Å². The first-order valence-electron chi connectivity index (χ1n) is 15.1. The van der Waals surface area contributed by atoms with Gasteiger partial charge in [0.25, 0.3) is 40.5 Å². The maximum absolute atomic E-state index is 12.0. The summed E-state index contributed by atoms with van der Waals surface area (Å²) in [5.41, 5.74) is 4.28. The third kappa shape index (κ3) is 13.5. The normalized spacial score (nSPS) is 11.7. The van der Waals surface area contributed by atoms with Crippen molar-refractivity contribution in [1.29, 1.82) is 0 Å². The van der Waals surface area contributed by atoms with Gasteiger partial charge in [-0.3, -0.25) is 18.2 Å². The van der Waals surface area contributed by atoms with E-state index in [0.717, 1.165) is 36.4 Å². The van der Waals surface area contributed by atoms with E-state index in [1.165, 1.54) is 36.4 Å². The van der Waals surface area contributed by atoms with Crippen LogP contribution in [0.2, 0.25) is 0 Å². The average molecular weight is 1080 g/mol. The van der Waals surface area contributed by atoms with Crippen LogP contribution in [-0.4, -0.2) is 72.3 Å². The third-order valence-corrected chi connectivity index (χ3v) is 11.7. The molecule has 0 aliphatic carbocycles. The van der Waals surface area contributed by atoms with Gasteiger partial charge in [-0.1, -0.05) is 24.3 Å². The molecule has 0 saturated heterocycles. The van der Waals surface area contributed by atoms with Crippen LogP contribution in [0.4, 0.5) is 28.4 Å². The van der Waals surface area contributed by atoms with Crippen molar-refractivity contribution in [3.63, 3.8) is 0 Å². The zero-order valence-electron chi connectivity index (χ0n) is 32.5. The van der Waals surface area contributed by atoms with Gasteiger partial charge >= 0.3 is 118 Å². The van der Waals surface area contributed by atoms with Crippen LogP contribution in [0.5, 0.6) is 23.0 Å². The molecule has 63 heavy (non-hydrogen) atoms. The standard InChI is InChI=1S/C32H23N5O16S4.2Cu.4Na/c33-29-26(56(48,49)50)13-25(55(45,46)47)19-5-8-22(31(40)28(19)29)36-34-20-6-1-14(10-23(20)38)15-2-7-21(24(39)11-15)35-37-30-18-4-3-17(54(42,43)44)9-16(18)12-27(32(30)41)57(51,52)53;;;;;;/h1-13,38-41H,33H2,(H,42,43,44)(H,45,46,47)(H,48,49,50)(H,51,52,53);;;;;;/q;;;4*+1. The molecular formula is C32H23Cu2N5Na4O16S4+4. The number of azo groups is 2. The minimum Gasteiger partial charge on any atom is -0.506 e. The summed E-state index contributed by atoms with van der Waals surface area (Å²) in [6.07, 6.45) is 0. The monoisotopic (exact) mass is 1080 g/mol. The maximum Gasteiger partial charge on any atom is 1.00 e. The summed E-state index contributed by atoms with van der Waals surface area (Å²) < 4.78 is 133. The molecule has 0 spiro atoms. The first kappa shape index (κ1) is 61.7. The smallest absolute Gasteiger partial charge is 0.506 e. The van der Waals surface area contributed by atoms with Crippen LogP contribution < -0.4 is 124 Å². The minimum absolute atomic E-state index is 0. The summed E-state index contributed by atoms with van der Waals surface area (Å²) in [6, 6.07) is 13.9. The van der Waals surface area contributed by atoms with Crippen molar-refractivity contribution in [2.24, 2.45) is 20.5 Å². The number of hydrogen-bond donors (Lipinski definition) is 9. The number of phenolic OH excluding ortho intramolecular Hbond substituents is 4. The fourth-order valence-corrected chi connectivity index (χ4v) is 8.11. The van der Waals surface area contributed by atoms with E-state index in [4.69, 9.17) is 5.73 Å². The number of fused-ring (bicyclic) bond motifs is 2. The first-order chi connectivity index (χ1) is 26.4. The van der Waals surface area contributed by atoms with Gasteiger partial charge < -0.3 is 26.2 Å². The van der Waals surface area contributed by atoms with Crippen LogP contribution in [-0.2, 0) is 74.6 Å². The molecule has 318 valence electrons. The van der Waals surface area contributed by atoms with Crippen molar-refractivity contribution in [1.82, 2.24) is 0 Å². The Kier molecular flexibility index (Phi) is 22.7. The Morgan fingerprint density at radius 1 is 0.444 bits per heavy atom. The molecule has 0 bridgehead atoms. The first-order valence-corrected chi connectivity index (χ1v) is 20.9. The van der Waals surface area contributed by atoms with Gasteiger partial charge in [-0.25, -0.2) is 0 Å². The molecule has 0 aliphatic heterocycles. The fraction of sp³-hybridized carbons (Fsp3) is 0. The molecule has 0 saturated carbocycles. The van der Waals surface area contributed by atoms with Crippen molar-refractivity contribution < 1.29 is 225 Å². The van der Waals surface area contributed by atoms with Crippen LogP contribution in [0.25, 0.3) is 32.7 Å². The SMILES string of the molecule is Nc1c(S(=O)(=O)O)cc(S(=O)(=O)O)c2ccc(N=Nc3ccc(-c4ccc(N=Nc5c(O)c(S(=O)(=O)O)cc6cc(S(=O)(=O)O)ccc56)c(O)c4)cc3O)c(O)c12.[Cu].[Cu].[Na+].[Na+].[Na+].[Na+]. The summed E-state index contributed by atoms with van der Waals surface area (Å²) >= 11 is 0. The molecule has 6 aromatic rings. The quantitative estimate of drug-likeness (QED) is 0.0282. The minimum atomic E-state index is -5.15. The molecule has 6 aromatic carbocycles. The Balaban J connectivity index is 0.00000641. The van der Waals surface area contributed by atoms with E-state index < -0.39 is 111 Å². The second-order valence-corrected chi connectivity index (χ2v) is 17.4. The molecule has 0 amide bonds. The number of anilines is 1. The van der Waals surface area contributed by atoms with E-state index in [9.17, 15) is 72.3 Å². The topological polar surface area (TPSA) is 374 Å². The molecule has 0 heterocycles. The summed E-state index contributed by atoms with van der Waals surface area (Å²) in [5, 5.41) is 57.0. The number of benzene rings is 6. The predicted octanol–water partition coefficient (Wildman–Crippen LogP) is -6.11. The molecule has 0 unspecified atom stereocenters. The van der Waals surface area contributed by atoms with Gasteiger partial charge in [-0.05, 0) is 71.1 Å². The molecule has 0 aliphatic rings. The number of nitrogens with zero attached hydrogens (tertiary/aromatic N) is 4. The van der Waals surface area contributed by atoms with E-state index in [1.807, 2.05) is 0 Å². The number of rotatable bonds is 9. The number of nitrogen functional groups attached to an aromatic ring is 1. The molecule has 21 nitrogen and oxygen atoms in total. The van der Waals surface area contributed by atoms with E-state index in [0.29, 0.717) is 11.6 Å². The summed E-state index contributed by atoms with van der Waals surface area (Å²) in [7, 11) is -20.1. The van der Waals surface area contributed by atoms with Crippen molar-refractivity contribution in [3.8, 4) is 34.1 Å². The van der Waals surface area contributed by atoms with E-state index in [1.54, 1.807) is 0 Å². The molecular weight excluding hydrogens is 1060 g/mol. The van der Waals surface area contributed by atoms with Crippen molar-refractivity contribution in [2.45, 2.75) is 19.6 Å². The number of aromatic hydroxyl groups is 4. The van der Waals surface area contributed by atoms with Crippen LogP contribution in [0.1, 0.15) is 0 Å². The summed E-state index contributed by atoms with van der Waals surface area (Å²) in [6.45, 7) is 0. The largest absolute Gasteiger partial charge is 1.00 e. The molecule has 2 radical (unpaired) electrons. The Morgan fingerprint density at radius 3 is 1.35 bits per heavy atom. The Labute approximate surface area is 467 Å². The van der Waals surface area contributed by atoms with Gasteiger partial charge in [0.2, 0.25) is 0 Å². The van der Waals surface area contributed by atoms with Gasteiger partial charge in [0.05, 0.1) is 16.0 Å². The van der Waals surface area contributed by atoms with Gasteiger partial charge in [0, 0.05) is 44.9 Å². The van der Waals surface area contributed by atoms with Crippen LogP contribution in [0.15, 0.2) is 119 Å². The molecule has 31 heteroatoms. The van der Waals surface area contributed by atoms with Crippen molar-refractivity contribution >= 4 is 90.5 Å². The van der Waals surface area contributed by atoms with Crippen LogP contribution in [0, 0.1) is 0 Å². The van der Waals surface area contributed by atoms with Gasteiger partial charge in [-0.15, -0.1) is 20.5 Å². The van der Waals surface area contributed by atoms with Crippen LogP contribution >= 0.6 is 0 Å². The Bertz CT molecular complexity index is 3280. The number of phenols is 4. The fourth-order valence-electron chi connectivity index (χ4n) is 5.54. The maximum atomic E-state index is 12.0. The van der Waals surface area contributed by atoms with E-state index in [-0.39, 0.29) is 180 Å². The third-order valence-electron chi connectivity index (χ3n) is 8.18. The number of nitrogens with two attached hydrogens (primary N) is 1. The van der Waals surface area contributed by atoms with Crippen molar-refractivity contribution in [3.05, 3.63) is 78.9 Å².